The Labute approximate surface area is 114 Å². The molecule has 0 saturated carbocycles. The Morgan fingerprint density at radius 1 is 1.56 bits per heavy atom. The Balaban J connectivity index is 3.33. The minimum atomic E-state index is -3.87. The molecule has 3 N–H and O–H groups in total. The molecule has 0 bridgehead atoms. The van der Waals surface area contributed by atoms with Crippen LogP contribution in [0.5, 0.6) is 0 Å². The number of sulfonamides is 1. The first-order valence-electron chi connectivity index (χ1n) is 5.05. The third kappa shape index (κ3) is 2.82. The van der Waals surface area contributed by atoms with Crippen molar-refractivity contribution in [1.29, 1.82) is 0 Å². The topological polar surface area (TPSA) is 83.6 Å². The summed E-state index contributed by atoms with van der Waals surface area (Å²) in [5.74, 6) is -0.635. The molecule has 0 aliphatic heterocycles. The molecule has 1 aromatic rings. The molecule has 0 saturated heterocycles. The summed E-state index contributed by atoms with van der Waals surface area (Å²) in [6, 6.07) is 1.45. The molecule has 0 aromatic heterocycles. The SMILES string of the molecule is CC(CO)N(C)S(=O)(=O)c1cc(Br)c(F)cc1N. The van der Waals surface area contributed by atoms with Crippen LogP contribution in [0.25, 0.3) is 0 Å². The van der Waals surface area contributed by atoms with E-state index in [1.807, 2.05) is 0 Å². The summed E-state index contributed by atoms with van der Waals surface area (Å²) in [6.45, 7) is 1.23. The van der Waals surface area contributed by atoms with Gasteiger partial charge >= 0.3 is 0 Å². The molecule has 1 atom stereocenters. The fraction of sp³-hybridized carbons (Fsp3) is 0.400. The third-order valence-electron chi connectivity index (χ3n) is 2.59. The van der Waals surface area contributed by atoms with Crippen LogP contribution < -0.4 is 5.73 Å². The van der Waals surface area contributed by atoms with Gasteiger partial charge in [0, 0.05) is 13.1 Å². The van der Waals surface area contributed by atoms with Crippen molar-refractivity contribution in [3.8, 4) is 0 Å². The highest BCUT2D eigenvalue weighted by atomic mass is 79.9. The summed E-state index contributed by atoms with van der Waals surface area (Å²) < 4.78 is 38.6. The number of nitrogens with two attached hydrogens (primary N) is 1. The third-order valence-corrected chi connectivity index (χ3v) is 5.23. The monoisotopic (exact) mass is 340 g/mol. The quantitative estimate of drug-likeness (QED) is 0.806. The first-order valence-corrected chi connectivity index (χ1v) is 7.28. The van der Waals surface area contributed by atoms with Gasteiger partial charge in [0.2, 0.25) is 10.0 Å². The molecular formula is C10H14BrFN2O3S. The van der Waals surface area contributed by atoms with Crippen LogP contribution >= 0.6 is 15.9 Å². The summed E-state index contributed by atoms with van der Waals surface area (Å²) >= 11 is 2.91. The van der Waals surface area contributed by atoms with Crippen LogP contribution in [0, 0.1) is 5.82 Å². The van der Waals surface area contributed by atoms with E-state index in [1.54, 1.807) is 6.92 Å². The van der Waals surface area contributed by atoms with Crippen LogP contribution in [0.1, 0.15) is 6.92 Å². The largest absolute Gasteiger partial charge is 0.398 e. The molecule has 5 nitrogen and oxygen atoms in total. The van der Waals surface area contributed by atoms with E-state index in [0.29, 0.717) is 0 Å². The van der Waals surface area contributed by atoms with E-state index < -0.39 is 21.9 Å². The Bertz CT molecular complexity index is 550. The fourth-order valence-electron chi connectivity index (χ4n) is 1.27. The molecular weight excluding hydrogens is 327 g/mol. The van der Waals surface area contributed by atoms with Crippen LogP contribution in [0.4, 0.5) is 10.1 Å². The number of hydrogen-bond acceptors (Lipinski definition) is 4. The van der Waals surface area contributed by atoms with Gasteiger partial charge in [-0.2, -0.15) is 4.31 Å². The molecule has 102 valence electrons. The van der Waals surface area contributed by atoms with Crippen molar-refractivity contribution in [1.82, 2.24) is 4.31 Å². The van der Waals surface area contributed by atoms with Crippen molar-refractivity contribution in [3.63, 3.8) is 0 Å². The van der Waals surface area contributed by atoms with Gasteiger partial charge in [-0.1, -0.05) is 0 Å². The van der Waals surface area contributed by atoms with E-state index in [-0.39, 0.29) is 21.7 Å². The number of hydrogen-bond donors (Lipinski definition) is 2. The average Bonchev–Trinajstić information content (AvgIpc) is 2.31. The molecule has 1 aromatic carbocycles. The number of anilines is 1. The van der Waals surface area contributed by atoms with E-state index in [9.17, 15) is 12.8 Å². The van der Waals surface area contributed by atoms with Crippen molar-refractivity contribution < 1.29 is 17.9 Å². The molecule has 18 heavy (non-hydrogen) atoms. The summed E-state index contributed by atoms with van der Waals surface area (Å²) in [7, 11) is -2.54. The zero-order valence-corrected chi connectivity index (χ0v) is 12.3. The van der Waals surface area contributed by atoms with Gasteiger partial charge in [-0.25, -0.2) is 12.8 Å². The first-order chi connectivity index (χ1) is 8.21. The molecule has 8 heteroatoms. The summed E-state index contributed by atoms with van der Waals surface area (Å²) in [5.41, 5.74) is 5.35. The van der Waals surface area contributed by atoms with Gasteiger partial charge in [-0.05, 0) is 35.0 Å². The molecule has 0 fully saturated rings. The van der Waals surface area contributed by atoms with Crippen molar-refractivity contribution >= 4 is 31.6 Å². The second kappa shape index (κ2) is 5.52. The number of rotatable bonds is 4. The molecule has 0 spiro atoms. The van der Waals surface area contributed by atoms with Crippen LogP contribution in [-0.4, -0.2) is 37.5 Å². The predicted octanol–water partition coefficient (Wildman–Crippen LogP) is 1.17. The van der Waals surface area contributed by atoms with E-state index in [2.05, 4.69) is 15.9 Å². The van der Waals surface area contributed by atoms with Crippen LogP contribution in [0.2, 0.25) is 0 Å². The van der Waals surface area contributed by atoms with Crippen LogP contribution in [-0.2, 0) is 10.0 Å². The van der Waals surface area contributed by atoms with Gasteiger partial charge in [-0.15, -0.1) is 0 Å². The predicted molar refractivity (Wildman–Crippen MR) is 70.0 cm³/mol. The Morgan fingerprint density at radius 3 is 2.61 bits per heavy atom. The fourth-order valence-corrected chi connectivity index (χ4v) is 3.24. The maximum absolute atomic E-state index is 13.2. The lowest BCUT2D eigenvalue weighted by atomic mass is 10.3. The lowest BCUT2D eigenvalue weighted by Gasteiger charge is -2.23. The minimum Gasteiger partial charge on any atom is -0.398 e. The van der Waals surface area contributed by atoms with E-state index >= 15 is 0 Å². The maximum Gasteiger partial charge on any atom is 0.245 e. The van der Waals surface area contributed by atoms with Crippen LogP contribution in [0.15, 0.2) is 21.5 Å². The highest BCUT2D eigenvalue weighted by Gasteiger charge is 2.27. The summed E-state index contributed by atoms with van der Waals surface area (Å²) in [5, 5.41) is 8.98. The molecule has 1 rings (SSSR count). The smallest absolute Gasteiger partial charge is 0.245 e. The molecule has 0 aliphatic rings. The number of benzene rings is 1. The lowest BCUT2D eigenvalue weighted by Crippen LogP contribution is -2.37. The molecule has 1 unspecified atom stereocenters. The van der Waals surface area contributed by atoms with Gasteiger partial charge in [0.1, 0.15) is 10.7 Å². The summed E-state index contributed by atoms with van der Waals surface area (Å²) in [4.78, 5) is -0.196. The van der Waals surface area contributed by atoms with Crippen molar-refractivity contribution in [2.75, 3.05) is 19.4 Å². The highest BCUT2D eigenvalue weighted by Crippen LogP contribution is 2.28. The zero-order chi connectivity index (χ0) is 14.1. The molecule has 0 aliphatic carbocycles. The first kappa shape index (κ1) is 15.4. The van der Waals surface area contributed by atoms with Gasteiger partial charge in [-0.3, -0.25) is 0 Å². The van der Waals surface area contributed by atoms with Gasteiger partial charge in [0.25, 0.3) is 0 Å². The Kier molecular flexibility index (Phi) is 4.71. The van der Waals surface area contributed by atoms with Crippen molar-refractivity contribution in [2.45, 2.75) is 17.9 Å². The maximum atomic E-state index is 13.2. The number of likely N-dealkylation sites (N-methyl/N-ethyl adjacent to an activating group) is 1. The molecule has 0 heterocycles. The van der Waals surface area contributed by atoms with Gasteiger partial charge in [0.15, 0.2) is 0 Å². The lowest BCUT2D eigenvalue weighted by molar-refractivity contribution is 0.214. The zero-order valence-electron chi connectivity index (χ0n) is 9.89. The molecule has 0 radical (unpaired) electrons. The van der Waals surface area contributed by atoms with Gasteiger partial charge < -0.3 is 10.8 Å². The van der Waals surface area contributed by atoms with Crippen molar-refractivity contribution in [3.05, 3.63) is 22.4 Å². The number of aliphatic hydroxyl groups is 1. The Morgan fingerprint density at radius 2 is 2.11 bits per heavy atom. The van der Waals surface area contributed by atoms with Crippen LogP contribution in [0.3, 0.4) is 0 Å². The number of nitrogens with zero attached hydrogens (tertiary/aromatic N) is 1. The highest BCUT2D eigenvalue weighted by molar-refractivity contribution is 9.10. The van der Waals surface area contributed by atoms with E-state index in [0.717, 1.165) is 16.4 Å². The normalized spacial score (nSPS) is 13.9. The second-order valence-electron chi connectivity index (χ2n) is 3.86. The van der Waals surface area contributed by atoms with Crippen molar-refractivity contribution in [2.24, 2.45) is 0 Å². The van der Waals surface area contributed by atoms with E-state index in [1.165, 1.54) is 7.05 Å². The number of nitrogen functional groups attached to an aromatic ring is 1. The minimum absolute atomic E-state index is 0.0142. The molecule has 0 amide bonds. The second-order valence-corrected chi connectivity index (χ2v) is 6.68. The van der Waals surface area contributed by atoms with Gasteiger partial charge in [0.05, 0.1) is 16.8 Å². The standard InChI is InChI=1S/C10H14BrFN2O3S/c1-6(5-15)14(2)18(16,17)10-3-7(11)8(12)4-9(10)13/h3-4,6,15H,5,13H2,1-2H3. The average molecular weight is 341 g/mol. The number of aliphatic hydroxyl groups excluding tert-OH is 1. The number of halogens is 2. The summed E-state index contributed by atoms with van der Waals surface area (Å²) in [6.07, 6.45) is 0. The van der Waals surface area contributed by atoms with E-state index in [4.69, 9.17) is 10.8 Å². The Hall–Kier alpha value is -0.700.